The van der Waals surface area contributed by atoms with Crippen molar-refractivity contribution in [2.45, 2.75) is 19.6 Å². The standard InChI is InChI=1S/C90H60B2N4S2/c1-8-29-61(30-9-1)62-51-53-69(54-52-62)94(79-48-25-22-43-72(79)63-31-10-2-11-32-63)71-56-83-89-86(58-71)97-84-50-27-24-47-76(84)92(89)77-59-78-85(60-81(77)96(83)90-73(64-33-12-3-13-34-64)44-28-45-74(90)65-35-14-4-15-36-65)98-87-57-70(93(66-37-16-5-17-38-66)67-39-18-6-19-40-67)55-82-88(87)91(78)75-46-23-26-49-80(75)95(82)68-41-20-7-21-42-68/h1-60H. The largest absolute Gasteiger partial charge is 0.311 e. The lowest BCUT2D eigenvalue weighted by molar-refractivity contribution is 1.22. The van der Waals surface area contributed by atoms with Gasteiger partial charge in [-0.3, -0.25) is 0 Å². The second-order valence-corrected chi connectivity index (χ2v) is 27.6. The van der Waals surface area contributed by atoms with Gasteiger partial charge in [-0.25, -0.2) is 0 Å². The van der Waals surface area contributed by atoms with Gasteiger partial charge in [-0.1, -0.05) is 301 Å². The topological polar surface area (TPSA) is 13.0 Å². The fraction of sp³-hybridized carbons (Fsp3) is 0. The molecule has 15 aromatic rings. The SMILES string of the molecule is c1ccc(-c2ccc(N(c3cc4c5c(c3)N(c3c(-c6ccccc6)cccc3-c3ccccc3)c3cc6c(cc3B5c3ccccc3S4)B3c4ccccc4N(c4ccccc4)c4cc(N(c5ccccc5)c5ccccc5)cc(c43)S6)c3ccccc3-c3ccccc3)cc2)cc1. The van der Waals surface area contributed by atoms with E-state index in [0.717, 1.165) is 90.3 Å². The lowest BCUT2D eigenvalue weighted by Gasteiger charge is -2.44. The zero-order valence-electron chi connectivity index (χ0n) is 53.4. The fourth-order valence-electron chi connectivity index (χ4n) is 15.7. The number of para-hydroxylation sites is 6. The van der Waals surface area contributed by atoms with Gasteiger partial charge < -0.3 is 19.6 Å². The minimum Gasteiger partial charge on any atom is -0.311 e. The highest BCUT2D eigenvalue weighted by molar-refractivity contribution is 8.00. The molecule has 0 N–H and O–H groups in total. The van der Waals surface area contributed by atoms with Crippen molar-refractivity contribution in [3.8, 4) is 44.5 Å². The first-order chi connectivity index (χ1) is 48.6. The molecular formula is C90H60B2N4S2. The van der Waals surface area contributed by atoms with Crippen LogP contribution in [0.25, 0.3) is 44.5 Å². The lowest BCUT2D eigenvalue weighted by Crippen LogP contribution is -2.64. The van der Waals surface area contributed by atoms with Crippen LogP contribution in [-0.2, 0) is 0 Å². The van der Waals surface area contributed by atoms with Crippen molar-refractivity contribution < 1.29 is 0 Å². The molecule has 0 amide bonds. The summed E-state index contributed by atoms with van der Waals surface area (Å²) in [5.74, 6) is 0. The quantitative estimate of drug-likeness (QED) is 0.112. The molecule has 0 aromatic heterocycles. The van der Waals surface area contributed by atoms with Crippen LogP contribution in [0, 0.1) is 0 Å². The van der Waals surface area contributed by atoms with Crippen molar-refractivity contribution in [1.82, 2.24) is 0 Å². The first-order valence-electron chi connectivity index (χ1n) is 33.6. The van der Waals surface area contributed by atoms with Crippen molar-refractivity contribution in [2.75, 3.05) is 19.6 Å². The molecular weight excluding hydrogens is 1220 g/mol. The number of fused-ring (bicyclic) bond motifs is 8. The van der Waals surface area contributed by atoms with Gasteiger partial charge in [0.1, 0.15) is 0 Å². The van der Waals surface area contributed by atoms with Crippen LogP contribution >= 0.6 is 23.5 Å². The minimum atomic E-state index is -0.125. The van der Waals surface area contributed by atoms with E-state index in [1.165, 1.54) is 74.9 Å². The fourth-order valence-corrected chi connectivity index (χ4v) is 18.1. The van der Waals surface area contributed by atoms with Crippen LogP contribution < -0.4 is 52.4 Å². The molecule has 15 aromatic carbocycles. The predicted molar refractivity (Wildman–Crippen MR) is 417 cm³/mol. The molecule has 0 bridgehead atoms. The second kappa shape index (κ2) is 24.2. The third kappa shape index (κ3) is 9.73. The van der Waals surface area contributed by atoms with Gasteiger partial charge in [0.25, 0.3) is 0 Å². The average molecular weight is 1280 g/mol. The number of anilines is 12. The normalized spacial score (nSPS) is 12.7. The van der Waals surface area contributed by atoms with E-state index in [9.17, 15) is 0 Å². The van der Waals surface area contributed by atoms with E-state index in [0.29, 0.717) is 0 Å². The van der Waals surface area contributed by atoms with E-state index in [1.54, 1.807) is 0 Å². The minimum absolute atomic E-state index is 0.0958. The maximum Gasteiger partial charge on any atom is 0.249 e. The second-order valence-electron chi connectivity index (χ2n) is 25.4. The Labute approximate surface area is 581 Å². The Bertz CT molecular complexity index is 5440. The Balaban J connectivity index is 0.908. The Morgan fingerprint density at radius 2 is 0.673 bits per heavy atom. The molecule has 0 radical (unpaired) electrons. The maximum atomic E-state index is 2.70. The summed E-state index contributed by atoms with van der Waals surface area (Å²) in [6.45, 7) is -0.220. The third-order valence-corrected chi connectivity index (χ3v) is 22.2. The first-order valence-corrected chi connectivity index (χ1v) is 35.3. The summed E-state index contributed by atoms with van der Waals surface area (Å²) in [5, 5.41) is 0. The van der Waals surface area contributed by atoms with E-state index in [1.807, 2.05) is 23.5 Å². The third-order valence-electron chi connectivity index (χ3n) is 19.9. The molecule has 0 aliphatic carbocycles. The highest BCUT2D eigenvalue weighted by Crippen LogP contribution is 2.54. The predicted octanol–water partition coefficient (Wildman–Crippen LogP) is 20.8. The molecule has 0 spiro atoms. The molecule has 458 valence electrons. The van der Waals surface area contributed by atoms with E-state index < -0.39 is 0 Å². The van der Waals surface area contributed by atoms with Crippen molar-refractivity contribution in [3.63, 3.8) is 0 Å². The van der Waals surface area contributed by atoms with Gasteiger partial charge in [-0.2, -0.15) is 0 Å². The molecule has 19 rings (SSSR count). The summed E-state index contributed by atoms with van der Waals surface area (Å²) in [4.78, 5) is 15.1. The first kappa shape index (κ1) is 57.7. The smallest absolute Gasteiger partial charge is 0.249 e. The summed E-state index contributed by atoms with van der Waals surface area (Å²) < 4.78 is 0. The van der Waals surface area contributed by atoms with Gasteiger partial charge in [-0.05, 0) is 147 Å². The average Bonchev–Trinajstić information content (AvgIpc) is 0.698. The van der Waals surface area contributed by atoms with E-state index >= 15 is 0 Å². The molecule has 98 heavy (non-hydrogen) atoms. The molecule has 0 saturated carbocycles. The Kier molecular flexibility index (Phi) is 14.3. The highest BCUT2D eigenvalue weighted by atomic mass is 32.2. The highest BCUT2D eigenvalue weighted by Gasteiger charge is 2.47. The number of nitrogens with zero attached hydrogens (tertiary/aromatic N) is 4. The van der Waals surface area contributed by atoms with Crippen LogP contribution in [0.3, 0.4) is 0 Å². The van der Waals surface area contributed by atoms with Crippen molar-refractivity contribution in [1.29, 1.82) is 0 Å². The van der Waals surface area contributed by atoms with Gasteiger partial charge in [0, 0.05) is 93.1 Å². The zero-order valence-corrected chi connectivity index (χ0v) is 55.0. The van der Waals surface area contributed by atoms with E-state index in [-0.39, 0.29) is 13.4 Å². The van der Waals surface area contributed by atoms with Crippen molar-refractivity contribution in [2.24, 2.45) is 0 Å². The van der Waals surface area contributed by atoms with Crippen LogP contribution in [0.1, 0.15) is 0 Å². The zero-order chi connectivity index (χ0) is 64.6. The molecule has 4 nitrogen and oxygen atoms in total. The molecule has 4 aliphatic rings. The molecule has 0 saturated heterocycles. The summed E-state index contributed by atoms with van der Waals surface area (Å²) in [6.07, 6.45) is 0. The maximum absolute atomic E-state index is 2.70. The number of benzene rings is 15. The molecule has 4 aliphatic heterocycles. The van der Waals surface area contributed by atoms with Crippen molar-refractivity contribution >= 4 is 138 Å². The number of hydrogen-bond donors (Lipinski definition) is 0. The Hall–Kier alpha value is -11.7. The summed E-state index contributed by atoms with van der Waals surface area (Å²) in [7, 11) is 0. The summed E-state index contributed by atoms with van der Waals surface area (Å²) >= 11 is 3.82. The Morgan fingerprint density at radius 1 is 0.235 bits per heavy atom. The van der Waals surface area contributed by atoms with Crippen LogP contribution in [0.5, 0.6) is 0 Å². The molecule has 0 fully saturated rings. The van der Waals surface area contributed by atoms with Crippen LogP contribution in [0.4, 0.5) is 68.2 Å². The monoisotopic (exact) mass is 1280 g/mol. The van der Waals surface area contributed by atoms with Crippen LogP contribution in [-0.4, -0.2) is 13.4 Å². The van der Waals surface area contributed by atoms with Gasteiger partial charge in [-0.15, -0.1) is 0 Å². The van der Waals surface area contributed by atoms with Gasteiger partial charge in [0.05, 0.1) is 11.4 Å². The Morgan fingerprint density at radius 3 is 1.29 bits per heavy atom. The van der Waals surface area contributed by atoms with Crippen LogP contribution in [0.2, 0.25) is 0 Å². The molecule has 8 heteroatoms. The number of rotatable bonds is 12. The van der Waals surface area contributed by atoms with Gasteiger partial charge >= 0.3 is 0 Å². The molecule has 0 unspecified atom stereocenters. The molecule has 0 atom stereocenters. The molecule has 4 heterocycles. The van der Waals surface area contributed by atoms with E-state index in [4.69, 9.17) is 0 Å². The van der Waals surface area contributed by atoms with Gasteiger partial charge in [0.15, 0.2) is 0 Å². The van der Waals surface area contributed by atoms with E-state index in [2.05, 4.69) is 384 Å². The summed E-state index contributed by atoms with van der Waals surface area (Å²) in [6, 6.07) is 135. The van der Waals surface area contributed by atoms with Gasteiger partial charge in [0.2, 0.25) is 13.4 Å². The van der Waals surface area contributed by atoms with Crippen molar-refractivity contribution in [3.05, 3.63) is 364 Å². The number of hydrogen-bond acceptors (Lipinski definition) is 6. The van der Waals surface area contributed by atoms with Crippen LogP contribution in [0.15, 0.2) is 384 Å². The lowest BCUT2D eigenvalue weighted by atomic mass is 9.31. The summed E-state index contributed by atoms with van der Waals surface area (Å²) in [5.41, 5.74) is 30.5.